The van der Waals surface area contributed by atoms with Gasteiger partial charge in [-0.3, -0.25) is 14.4 Å². The summed E-state index contributed by atoms with van der Waals surface area (Å²) in [7, 11) is 0. The summed E-state index contributed by atoms with van der Waals surface area (Å²) >= 11 is 0. The molecule has 1 aromatic rings. The van der Waals surface area contributed by atoms with Gasteiger partial charge in [0.25, 0.3) is 0 Å². The molecule has 1 atom stereocenters. The lowest BCUT2D eigenvalue weighted by Crippen LogP contribution is -2.43. The number of rotatable bonds is 12. The van der Waals surface area contributed by atoms with Crippen LogP contribution < -0.4 is 16.0 Å². The van der Waals surface area contributed by atoms with Gasteiger partial charge in [0.1, 0.15) is 0 Å². The third-order valence-corrected chi connectivity index (χ3v) is 5.33. The van der Waals surface area contributed by atoms with Crippen molar-refractivity contribution in [2.24, 2.45) is 5.92 Å². The fourth-order valence-electron chi connectivity index (χ4n) is 3.69. The molecule has 1 heterocycles. The summed E-state index contributed by atoms with van der Waals surface area (Å²) in [5, 5.41) is 17.8. The van der Waals surface area contributed by atoms with Gasteiger partial charge in [0.15, 0.2) is 0 Å². The second kappa shape index (κ2) is 12.9. The number of amides is 2. The maximum Gasteiger partial charge on any atom is 0.305 e. The summed E-state index contributed by atoms with van der Waals surface area (Å²) in [5.41, 5.74) is 1.10. The number of aliphatic carboxylic acids is 1. The van der Waals surface area contributed by atoms with Crippen LogP contribution in [0.1, 0.15) is 50.5 Å². The van der Waals surface area contributed by atoms with Crippen molar-refractivity contribution in [2.75, 3.05) is 19.6 Å². The van der Waals surface area contributed by atoms with Gasteiger partial charge < -0.3 is 21.1 Å². The Balaban J connectivity index is 1.65. The summed E-state index contributed by atoms with van der Waals surface area (Å²) in [6, 6.07) is 9.28. The van der Waals surface area contributed by atoms with Crippen LogP contribution >= 0.6 is 0 Å². The average molecular weight is 404 g/mol. The monoisotopic (exact) mass is 403 g/mol. The number of aryl methyl sites for hydroxylation is 1. The molecule has 0 bridgehead atoms. The Bertz CT molecular complexity index is 645. The van der Waals surface area contributed by atoms with Crippen LogP contribution in [0, 0.1) is 5.92 Å². The highest BCUT2D eigenvalue weighted by molar-refractivity contribution is 5.85. The molecule has 0 spiro atoms. The predicted octanol–water partition coefficient (Wildman–Crippen LogP) is 1.86. The van der Waals surface area contributed by atoms with E-state index in [0.29, 0.717) is 25.2 Å². The molecule has 1 aliphatic rings. The van der Waals surface area contributed by atoms with E-state index in [-0.39, 0.29) is 24.8 Å². The Hall–Kier alpha value is -2.41. The van der Waals surface area contributed by atoms with E-state index in [1.54, 1.807) is 0 Å². The maximum atomic E-state index is 12.1. The van der Waals surface area contributed by atoms with E-state index in [4.69, 9.17) is 5.11 Å². The summed E-state index contributed by atoms with van der Waals surface area (Å²) in [6.45, 7) is 1.99. The molecule has 160 valence electrons. The van der Waals surface area contributed by atoms with Gasteiger partial charge in [-0.1, -0.05) is 30.3 Å². The van der Waals surface area contributed by atoms with Crippen LogP contribution in [-0.4, -0.2) is 48.6 Å². The molecule has 0 aromatic heterocycles. The van der Waals surface area contributed by atoms with E-state index in [9.17, 15) is 14.4 Å². The normalized spacial score (nSPS) is 15.4. The van der Waals surface area contributed by atoms with Crippen LogP contribution in [0.25, 0.3) is 0 Å². The number of hydrogen-bond donors (Lipinski definition) is 4. The molecule has 7 heteroatoms. The van der Waals surface area contributed by atoms with Crippen molar-refractivity contribution in [3.05, 3.63) is 35.9 Å². The highest BCUT2D eigenvalue weighted by atomic mass is 16.4. The second-order valence-electron chi connectivity index (χ2n) is 7.75. The SMILES string of the molecule is O=C(O)C[C@@H](CCc1ccccc1)NC(=O)CNC(=O)CCCC1CCNCC1. The molecule has 0 unspecified atom stereocenters. The fraction of sp³-hybridized carbons (Fsp3) is 0.591. The van der Waals surface area contributed by atoms with Crippen LogP contribution in [0.4, 0.5) is 0 Å². The molecule has 4 N–H and O–H groups in total. The van der Waals surface area contributed by atoms with Crippen LogP contribution in [-0.2, 0) is 20.8 Å². The molecule has 1 saturated heterocycles. The Kier molecular flexibility index (Phi) is 10.2. The fourth-order valence-corrected chi connectivity index (χ4v) is 3.69. The molecule has 29 heavy (non-hydrogen) atoms. The molecule has 0 aliphatic carbocycles. The van der Waals surface area contributed by atoms with Crippen molar-refractivity contribution >= 4 is 17.8 Å². The van der Waals surface area contributed by atoms with E-state index in [2.05, 4.69) is 16.0 Å². The Labute approximate surface area is 172 Å². The third-order valence-electron chi connectivity index (χ3n) is 5.33. The topological polar surface area (TPSA) is 108 Å². The lowest BCUT2D eigenvalue weighted by Gasteiger charge is -2.22. The van der Waals surface area contributed by atoms with Crippen molar-refractivity contribution in [3.63, 3.8) is 0 Å². The first-order valence-electron chi connectivity index (χ1n) is 10.6. The van der Waals surface area contributed by atoms with Gasteiger partial charge in [-0.15, -0.1) is 0 Å². The quantitative estimate of drug-likeness (QED) is 0.426. The number of hydrogen-bond acceptors (Lipinski definition) is 4. The van der Waals surface area contributed by atoms with E-state index in [1.165, 1.54) is 0 Å². The van der Waals surface area contributed by atoms with Crippen molar-refractivity contribution in [1.29, 1.82) is 0 Å². The molecular weight excluding hydrogens is 370 g/mol. The highest BCUT2D eigenvalue weighted by Gasteiger charge is 2.17. The lowest BCUT2D eigenvalue weighted by molar-refractivity contribution is -0.138. The lowest BCUT2D eigenvalue weighted by atomic mass is 9.92. The number of nitrogens with one attached hydrogen (secondary N) is 3. The first-order valence-corrected chi connectivity index (χ1v) is 10.6. The molecular formula is C22H33N3O4. The number of carbonyl (C=O) groups is 3. The zero-order chi connectivity index (χ0) is 20.9. The number of carboxylic acids is 1. The zero-order valence-corrected chi connectivity index (χ0v) is 17.0. The largest absolute Gasteiger partial charge is 0.481 e. The minimum Gasteiger partial charge on any atom is -0.481 e. The molecule has 1 aromatic carbocycles. The molecule has 1 fully saturated rings. The molecule has 1 aliphatic heterocycles. The van der Waals surface area contributed by atoms with Crippen molar-refractivity contribution in [1.82, 2.24) is 16.0 Å². The summed E-state index contributed by atoms with van der Waals surface area (Å²) < 4.78 is 0. The Morgan fingerprint density at radius 1 is 1.10 bits per heavy atom. The Morgan fingerprint density at radius 2 is 1.83 bits per heavy atom. The van der Waals surface area contributed by atoms with Crippen molar-refractivity contribution in [2.45, 2.75) is 57.4 Å². The number of carbonyl (C=O) groups excluding carboxylic acids is 2. The van der Waals surface area contributed by atoms with Gasteiger partial charge in [-0.2, -0.15) is 0 Å². The van der Waals surface area contributed by atoms with E-state index in [1.807, 2.05) is 30.3 Å². The molecule has 2 rings (SSSR count). The van der Waals surface area contributed by atoms with Gasteiger partial charge in [-0.25, -0.2) is 0 Å². The Morgan fingerprint density at radius 3 is 2.52 bits per heavy atom. The second-order valence-corrected chi connectivity index (χ2v) is 7.75. The number of carboxylic acid groups (broad SMARTS) is 1. The van der Waals surface area contributed by atoms with Crippen molar-refractivity contribution < 1.29 is 19.5 Å². The number of benzene rings is 1. The van der Waals surface area contributed by atoms with Gasteiger partial charge >= 0.3 is 5.97 Å². The molecule has 0 saturated carbocycles. The smallest absolute Gasteiger partial charge is 0.305 e. The summed E-state index contributed by atoms with van der Waals surface area (Å²) in [6.07, 6.45) is 5.70. The molecule has 7 nitrogen and oxygen atoms in total. The molecule has 0 radical (unpaired) electrons. The minimum atomic E-state index is -0.953. The minimum absolute atomic E-state index is 0.117. The predicted molar refractivity (Wildman–Crippen MR) is 111 cm³/mol. The van der Waals surface area contributed by atoms with Crippen LogP contribution in [0.3, 0.4) is 0 Å². The van der Waals surface area contributed by atoms with Gasteiger partial charge in [0, 0.05) is 12.5 Å². The van der Waals surface area contributed by atoms with Crippen LogP contribution in [0.5, 0.6) is 0 Å². The van der Waals surface area contributed by atoms with Crippen LogP contribution in [0.15, 0.2) is 30.3 Å². The average Bonchev–Trinajstić information content (AvgIpc) is 2.72. The van der Waals surface area contributed by atoms with Gasteiger partial charge in [0.05, 0.1) is 13.0 Å². The number of piperidine rings is 1. The van der Waals surface area contributed by atoms with E-state index >= 15 is 0 Å². The highest BCUT2D eigenvalue weighted by Crippen LogP contribution is 2.18. The standard InChI is InChI=1S/C22H33N3O4/c26-20(8-4-7-18-11-13-23-14-12-18)24-16-21(27)25-19(15-22(28)29)10-9-17-5-2-1-3-6-17/h1-3,5-6,18-19,23H,4,7-16H2,(H,24,26)(H,25,27)(H,28,29)/t19-/m1/s1. The van der Waals surface area contributed by atoms with E-state index in [0.717, 1.165) is 44.3 Å². The zero-order valence-electron chi connectivity index (χ0n) is 17.0. The first kappa shape index (κ1) is 22.9. The summed E-state index contributed by atoms with van der Waals surface area (Å²) in [5.74, 6) is -0.747. The molecule has 2 amide bonds. The van der Waals surface area contributed by atoms with Crippen molar-refractivity contribution in [3.8, 4) is 0 Å². The van der Waals surface area contributed by atoms with E-state index < -0.39 is 12.0 Å². The summed E-state index contributed by atoms with van der Waals surface area (Å²) in [4.78, 5) is 35.2. The van der Waals surface area contributed by atoms with Crippen LogP contribution in [0.2, 0.25) is 0 Å². The van der Waals surface area contributed by atoms with Gasteiger partial charge in [-0.05, 0) is 63.1 Å². The first-order chi connectivity index (χ1) is 14.0. The maximum absolute atomic E-state index is 12.1. The third kappa shape index (κ3) is 10.1. The van der Waals surface area contributed by atoms with Gasteiger partial charge in [0.2, 0.25) is 11.8 Å².